The number of carboxylic acids is 1. The molecule has 0 aliphatic carbocycles. The molecule has 1 aliphatic rings. The monoisotopic (exact) mass is 269 g/mol. The summed E-state index contributed by atoms with van der Waals surface area (Å²) in [7, 11) is 0. The Balaban J connectivity index is 2.22. The number of benzene rings is 1. The first-order chi connectivity index (χ1) is 8.83. The Labute approximate surface area is 108 Å². The maximum atomic E-state index is 13.9. The van der Waals surface area contributed by atoms with Crippen LogP contribution in [0.15, 0.2) is 18.2 Å². The second kappa shape index (κ2) is 4.60. The van der Waals surface area contributed by atoms with Gasteiger partial charge in [0.15, 0.2) is 0 Å². The van der Waals surface area contributed by atoms with Crippen molar-refractivity contribution in [1.82, 2.24) is 4.90 Å². The summed E-state index contributed by atoms with van der Waals surface area (Å²) in [4.78, 5) is 24.0. The molecule has 1 fully saturated rings. The molecule has 1 aliphatic heterocycles. The molecule has 102 valence electrons. The van der Waals surface area contributed by atoms with Gasteiger partial charge in [0.05, 0.1) is 6.54 Å². The third-order valence-corrected chi connectivity index (χ3v) is 3.32. The van der Waals surface area contributed by atoms with Gasteiger partial charge >= 0.3 is 5.97 Å². The fourth-order valence-electron chi connectivity index (χ4n) is 2.12. The first-order valence-corrected chi connectivity index (χ1v) is 5.81. The van der Waals surface area contributed by atoms with Crippen molar-refractivity contribution in [3.05, 3.63) is 35.1 Å². The number of carboxylic acid groups (broad SMARTS) is 1. The SMILES string of the molecule is Cc1ccc(F)cc1C(=O)N1CCC(F)(C(=O)O)C1. The maximum Gasteiger partial charge on any atom is 0.343 e. The summed E-state index contributed by atoms with van der Waals surface area (Å²) < 4.78 is 27.0. The molecule has 0 spiro atoms. The molecule has 0 aromatic heterocycles. The van der Waals surface area contributed by atoms with Crippen LogP contribution in [0.25, 0.3) is 0 Å². The molecule has 1 aromatic rings. The van der Waals surface area contributed by atoms with Gasteiger partial charge in [0.1, 0.15) is 5.82 Å². The van der Waals surface area contributed by atoms with Crippen LogP contribution in [0.2, 0.25) is 0 Å². The van der Waals surface area contributed by atoms with Crippen LogP contribution < -0.4 is 0 Å². The largest absolute Gasteiger partial charge is 0.479 e. The van der Waals surface area contributed by atoms with Crippen molar-refractivity contribution >= 4 is 11.9 Å². The standard InChI is InChI=1S/C13H13F2NO3/c1-8-2-3-9(14)6-10(8)11(17)16-5-4-13(15,7-16)12(18)19/h2-3,6H,4-5,7H2,1H3,(H,18,19). The Morgan fingerprint density at radius 3 is 2.68 bits per heavy atom. The number of alkyl halides is 1. The zero-order valence-corrected chi connectivity index (χ0v) is 10.3. The minimum Gasteiger partial charge on any atom is -0.479 e. The average molecular weight is 269 g/mol. The molecule has 4 nitrogen and oxygen atoms in total. The third kappa shape index (κ3) is 2.43. The molecule has 0 radical (unpaired) electrons. The van der Waals surface area contributed by atoms with Gasteiger partial charge in [-0.15, -0.1) is 0 Å². The molecule has 1 N–H and O–H groups in total. The molecule has 1 amide bonds. The number of aryl methyl sites for hydroxylation is 1. The summed E-state index contributed by atoms with van der Waals surface area (Å²) in [6.07, 6.45) is -0.248. The van der Waals surface area contributed by atoms with E-state index in [0.717, 1.165) is 11.0 Å². The first-order valence-electron chi connectivity index (χ1n) is 5.81. The van der Waals surface area contributed by atoms with E-state index in [1.807, 2.05) is 0 Å². The van der Waals surface area contributed by atoms with Crippen LogP contribution in [-0.4, -0.2) is 40.6 Å². The quantitative estimate of drug-likeness (QED) is 0.890. The fourth-order valence-corrected chi connectivity index (χ4v) is 2.12. The Hall–Kier alpha value is -1.98. The Bertz CT molecular complexity index is 547. The minimum atomic E-state index is -2.41. The van der Waals surface area contributed by atoms with Crippen LogP contribution in [0.3, 0.4) is 0 Å². The highest BCUT2D eigenvalue weighted by molar-refractivity contribution is 5.96. The second-order valence-corrected chi connectivity index (χ2v) is 4.71. The van der Waals surface area contributed by atoms with E-state index in [2.05, 4.69) is 0 Å². The number of hydrogen-bond acceptors (Lipinski definition) is 2. The molecule has 1 atom stereocenters. The lowest BCUT2D eigenvalue weighted by molar-refractivity contribution is -0.149. The number of rotatable bonds is 2. The van der Waals surface area contributed by atoms with Gasteiger partial charge in [-0.25, -0.2) is 13.6 Å². The van der Waals surface area contributed by atoms with Crippen molar-refractivity contribution in [2.24, 2.45) is 0 Å². The van der Waals surface area contributed by atoms with Crippen LogP contribution in [0, 0.1) is 12.7 Å². The molecule has 1 heterocycles. The smallest absolute Gasteiger partial charge is 0.343 e. The number of likely N-dealkylation sites (tertiary alicyclic amines) is 1. The van der Waals surface area contributed by atoms with Crippen LogP contribution >= 0.6 is 0 Å². The number of nitrogens with zero attached hydrogens (tertiary/aromatic N) is 1. The summed E-state index contributed by atoms with van der Waals surface area (Å²) in [5, 5.41) is 8.77. The van der Waals surface area contributed by atoms with Crippen LogP contribution in [0.5, 0.6) is 0 Å². The van der Waals surface area contributed by atoms with Crippen molar-refractivity contribution in [2.75, 3.05) is 13.1 Å². The summed E-state index contributed by atoms with van der Waals surface area (Å²) in [6.45, 7) is 1.15. The fraction of sp³-hybridized carbons (Fsp3) is 0.385. The molecule has 6 heteroatoms. The number of aliphatic carboxylic acids is 1. The minimum absolute atomic E-state index is 0.0115. The molecule has 1 saturated heterocycles. The zero-order chi connectivity index (χ0) is 14.2. The van der Waals surface area contributed by atoms with Gasteiger partial charge < -0.3 is 10.0 Å². The topological polar surface area (TPSA) is 57.6 Å². The number of hydrogen-bond donors (Lipinski definition) is 1. The molecular weight excluding hydrogens is 256 g/mol. The van der Waals surface area contributed by atoms with Crippen molar-refractivity contribution in [3.8, 4) is 0 Å². The van der Waals surface area contributed by atoms with E-state index in [1.54, 1.807) is 6.92 Å². The number of carbonyl (C=O) groups is 2. The summed E-state index contributed by atoms with van der Waals surface area (Å²) >= 11 is 0. The molecule has 2 rings (SSSR count). The van der Waals surface area contributed by atoms with E-state index in [-0.39, 0.29) is 18.5 Å². The number of carbonyl (C=O) groups excluding carboxylic acids is 1. The van der Waals surface area contributed by atoms with Crippen molar-refractivity contribution in [1.29, 1.82) is 0 Å². The lowest BCUT2D eigenvalue weighted by atomic mass is 10.1. The Morgan fingerprint density at radius 1 is 1.42 bits per heavy atom. The first kappa shape index (κ1) is 13.5. The Kier molecular flexibility index (Phi) is 3.26. The van der Waals surface area contributed by atoms with Gasteiger partial charge in [0.2, 0.25) is 5.67 Å². The van der Waals surface area contributed by atoms with Crippen molar-refractivity contribution in [2.45, 2.75) is 19.0 Å². The van der Waals surface area contributed by atoms with Crippen molar-refractivity contribution in [3.63, 3.8) is 0 Å². The van der Waals surface area contributed by atoms with E-state index >= 15 is 0 Å². The molecule has 1 aromatic carbocycles. The average Bonchev–Trinajstić information content (AvgIpc) is 2.76. The summed E-state index contributed by atoms with van der Waals surface area (Å²) in [5.74, 6) is -2.67. The lowest BCUT2D eigenvalue weighted by Crippen LogP contribution is -2.39. The van der Waals surface area contributed by atoms with Gasteiger partial charge in [-0.3, -0.25) is 4.79 Å². The van der Waals surface area contributed by atoms with Gasteiger partial charge in [-0.1, -0.05) is 6.07 Å². The highest BCUT2D eigenvalue weighted by Gasteiger charge is 2.47. The zero-order valence-electron chi connectivity index (χ0n) is 10.3. The van der Waals surface area contributed by atoms with E-state index in [0.29, 0.717) is 5.56 Å². The van der Waals surface area contributed by atoms with E-state index in [1.165, 1.54) is 12.1 Å². The van der Waals surface area contributed by atoms with Gasteiger partial charge in [0.25, 0.3) is 5.91 Å². The van der Waals surface area contributed by atoms with Crippen molar-refractivity contribution < 1.29 is 23.5 Å². The van der Waals surface area contributed by atoms with Crippen LogP contribution in [0.4, 0.5) is 8.78 Å². The molecule has 0 bridgehead atoms. The van der Waals surface area contributed by atoms with Crippen LogP contribution in [0.1, 0.15) is 22.3 Å². The third-order valence-electron chi connectivity index (χ3n) is 3.32. The molecule has 1 unspecified atom stereocenters. The van der Waals surface area contributed by atoms with Gasteiger partial charge in [-0.05, 0) is 24.6 Å². The second-order valence-electron chi connectivity index (χ2n) is 4.71. The lowest BCUT2D eigenvalue weighted by Gasteiger charge is -2.18. The van der Waals surface area contributed by atoms with Gasteiger partial charge in [0, 0.05) is 18.5 Å². The normalized spacial score (nSPS) is 22.6. The molecule has 0 saturated carbocycles. The van der Waals surface area contributed by atoms with E-state index < -0.39 is 29.9 Å². The van der Waals surface area contributed by atoms with Gasteiger partial charge in [-0.2, -0.15) is 0 Å². The maximum absolute atomic E-state index is 13.9. The van der Waals surface area contributed by atoms with E-state index in [4.69, 9.17) is 5.11 Å². The highest BCUT2D eigenvalue weighted by Crippen LogP contribution is 2.27. The molecule has 19 heavy (non-hydrogen) atoms. The Morgan fingerprint density at radius 2 is 2.11 bits per heavy atom. The van der Waals surface area contributed by atoms with E-state index in [9.17, 15) is 18.4 Å². The number of amides is 1. The summed E-state index contributed by atoms with van der Waals surface area (Å²) in [5.41, 5.74) is -1.70. The predicted molar refractivity (Wildman–Crippen MR) is 63.1 cm³/mol. The molecular formula is C13H13F2NO3. The number of halogens is 2. The highest BCUT2D eigenvalue weighted by atomic mass is 19.1. The van der Waals surface area contributed by atoms with Crippen LogP contribution in [-0.2, 0) is 4.79 Å². The predicted octanol–water partition coefficient (Wildman–Crippen LogP) is 1.77. The summed E-state index contributed by atoms with van der Waals surface area (Å²) in [6, 6.07) is 3.77.